The van der Waals surface area contributed by atoms with Gasteiger partial charge in [0.15, 0.2) is 0 Å². The summed E-state index contributed by atoms with van der Waals surface area (Å²) in [5.41, 5.74) is 1.14. The quantitative estimate of drug-likeness (QED) is 0.552. The van der Waals surface area contributed by atoms with Crippen molar-refractivity contribution in [2.75, 3.05) is 0 Å². The fourth-order valence-corrected chi connectivity index (χ4v) is 3.93. The van der Waals surface area contributed by atoms with E-state index < -0.39 is 23.6 Å². The van der Waals surface area contributed by atoms with E-state index in [0.717, 1.165) is 6.07 Å². The van der Waals surface area contributed by atoms with Gasteiger partial charge in [-0.1, -0.05) is 32.4 Å². The van der Waals surface area contributed by atoms with Crippen LogP contribution in [0.4, 0.5) is 4.39 Å². The second-order valence-corrected chi connectivity index (χ2v) is 9.03. The van der Waals surface area contributed by atoms with E-state index in [4.69, 9.17) is 11.6 Å². The highest BCUT2D eigenvalue weighted by Gasteiger charge is 2.32. The van der Waals surface area contributed by atoms with Gasteiger partial charge in [0.25, 0.3) is 5.91 Å². The molecule has 0 radical (unpaired) electrons. The van der Waals surface area contributed by atoms with Gasteiger partial charge in [-0.25, -0.2) is 4.39 Å². The number of carboxylic acids is 1. The molecule has 1 heterocycles. The maximum absolute atomic E-state index is 13.9. The minimum atomic E-state index is -1.01. The molecule has 1 aromatic heterocycles. The molecule has 2 aromatic carbocycles. The molecule has 7 heteroatoms. The summed E-state index contributed by atoms with van der Waals surface area (Å²) >= 11 is 5.73. The van der Waals surface area contributed by atoms with Crippen LogP contribution in [0.15, 0.2) is 36.4 Å². The second kappa shape index (κ2) is 7.76. The van der Waals surface area contributed by atoms with Gasteiger partial charge in [0.2, 0.25) is 0 Å². The molecule has 1 atom stereocenters. The lowest BCUT2D eigenvalue weighted by atomic mass is 9.80. The first-order valence-electron chi connectivity index (χ1n) is 9.47. The number of aliphatic carboxylic acids is 1. The zero-order valence-corrected chi connectivity index (χ0v) is 17.9. The van der Waals surface area contributed by atoms with Crippen LogP contribution in [0.25, 0.3) is 10.9 Å². The van der Waals surface area contributed by atoms with Crippen LogP contribution in [-0.4, -0.2) is 26.7 Å². The Morgan fingerprint density at radius 2 is 1.83 bits per heavy atom. The highest BCUT2D eigenvalue weighted by atomic mass is 35.5. The first-order valence-corrected chi connectivity index (χ1v) is 9.85. The number of benzene rings is 2. The van der Waals surface area contributed by atoms with Gasteiger partial charge in [-0.15, -0.1) is 0 Å². The summed E-state index contributed by atoms with van der Waals surface area (Å²) in [7, 11) is 0. The summed E-state index contributed by atoms with van der Waals surface area (Å²) in [6, 6.07) is 8.22. The van der Waals surface area contributed by atoms with Crippen LogP contribution >= 0.6 is 11.6 Å². The normalized spacial score (nSPS) is 12.9. The molecule has 2 N–H and O–H groups in total. The van der Waals surface area contributed by atoms with Crippen LogP contribution in [0, 0.1) is 18.2 Å². The van der Waals surface area contributed by atoms with Crippen molar-refractivity contribution < 1.29 is 24.2 Å². The standard InChI is InChI=1S/C23H23ClFNO4/c1-12-20(16(22(29)30)11-23(2,3)4)15-10-14(27)6-8-19(15)26(12)21(28)13-5-7-17(24)18(25)9-13/h5-10,16,27H,11H2,1-4H3,(H,29,30)/t16-/m0/s1. The predicted octanol–water partition coefficient (Wildman–Crippen LogP) is 5.74. The lowest BCUT2D eigenvalue weighted by Crippen LogP contribution is -2.21. The largest absolute Gasteiger partial charge is 0.508 e. The van der Waals surface area contributed by atoms with E-state index >= 15 is 0 Å². The summed E-state index contributed by atoms with van der Waals surface area (Å²) in [5.74, 6) is -3.16. The van der Waals surface area contributed by atoms with Gasteiger partial charge in [0, 0.05) is 16.6 Å². The lowest BCUT2D eigenvalue weighted by molar-refractivity contribution is -0.139. The summed E-state index contributed by atoms with van der Waals surface area (Å²) in [6.07, 6.45) is 0.335. The lowest BCUT2D eigenvalue weighted by Gasteiger charge is -2.24. The number of nitrogens with zero attached hydrogens (tertiary/aromatic N) is 1. The van der Waals surface area contributed by atoms with Crippen molar-refractivity contribution in [2.24, 2.45) is 5.41 Å². The third-order valence-electron chi connectivity index (χ3n) is 5.07. The van der Waals surface area contributed by atoms with Gasteiger partial charge in [0.1, 0.15) is 11.6 Å². The van der Waals surface area contributed by atoms with Crippen molar-refractivity contribution in [3.63, 3.8) is 0 Å². The Bertz CT molecular complexity index is 1160. The molecule has 0 amide bonds. The third kappa shape index (κ3) is 4.05. The molecule has 0 unspecified atom stereocenters. The van der Waals surface area contributed by atoms with Crippen molar-refractivity contribution in [1.29, 1.82) is 0 Å². The summed E-state index contributed by atoms with van der Waals surface area (Å²) < 4.78 is 15.3. The molecule has 0 bridgehead atoms. The Hall–Kier alpha value is -2.86. The number of phenolic OH excluding ortho intramolecular Hbond substituents is 1. The zero-order valence-electron chi connectivity index (χ0n) is 17.2. The number of rotatable bonds is 4. The number of hydrogen-bond acceptors (Lipinski definition) is 3. The fourth-order valence-electron chi connectivity index (χ4n) is 3.82. The van der Waals surface area contributed by atoms with Crippen LogP contribution in [0.2, 0.25) is 5.02 Å². The van der Waals surface area contributed by atoms with Crippen molar-refractivity contribution in [3.05, 3.63) is 64.1 Å². The fraction of sp³-hybridized carbons (Fsp3) is 0.304. The van der Waals surface area contributed by atoms with Crippen LogP contribution < -0.4 is 0 Å². The Balaban J connectivity index is 2.29. The molecule has 30 heavy (non-hydrogen) atoms. The van der Waals surface area contributed by atoms with E-state index in [1.165, 1.54) is 28.8 Å². The first kappa shape index (κ1) is 21.8. The summed E-state index contributed by atoms with van der Waals surface area (Å²) in [5, 5.41) is 20.4. The van der Waals surface area contributed by atoms with Gasteiger partial charge in [0.05, 0.1) is 16.5 Å². The molecular weight excluding hydrogens is 409 g/mol. The van der Waals surface area contributed by atoms with E-state index in [1.807, 2.05) is 20.8 Å². The number of aromatic nitrogens is 1. The zero-order chi connectivity index (χ0) is 22.4. The van der Waals surface area contributed by atoms with Gasteiger partial charge in [-0.3, -0.25) is 14.2 Å². The number of phenols is 1. The topological polar surface area (TPSA) is 79.5 Å². The number of carboxylic acid groups (broad SMARTS) is 1. The van der Waals surface area contributed by atoms with E-state index in [1.54, 1.807) is 13.0 Å². The number of carbonyl (C=O) groups is 2. The molecule has 3 rings (SSSR count). The van der Waals surface area contributed by atoms with Crippen molar-refractivity contribution in [3.8, 4) is 5.75 Å². The van der Waals surface area contributed by atoms with Crippen LogP contribution in [0.1, 0.15) is 54.7 Å². The maximum Gasteiger partial charge on any atom is 0.311 e. The number of hydrogen-bond donors (Lipinski definition) is 2. The van der Waals surface area contributed by atoms with E-state index in [2.05, 4.69) is 0 Å². The Morgan fingerprint density at radius 3 is 2.40 bits per heavy atom. The minimum Gasteiger partial charge on any atom is -0.508 e. The molecule has 0 aliphatic heterocycles. The molecule has 0 saturated heterocycles. The molecule has 0 fully saturated rings. The van der Waals surface area contributed by atoms with Crippen molar-refractivity contribution in [2.45, 2.75) is 40.0 Å². The van der Waals surface area contributed by atoms with Crippen molar-refractivity contribution >= 4 is 34.4 Å². The van der Waals surface area contributed by atoms with Crippen molar-refractivity contribution in [1.82, 2.24) is 4.57 Å². The van der Waals surface area contributed by atoms with Gasteiger partial charge < -0.3 is 10.2 Å². The second-order valence-electron chi connectivity index (χ2n) is 8.63. The smallest absolute Gasteiger partial charge is 0.311 e. The summed E-state index contributed by atoms with van der Waals surface area (Å²) in [4.78, 5) is 25.4. The number of fused-ring (bicyclic) bond motifs is 1. The molecule has 0 aliphatic rings. The SMILES string of the molecule is Cc1c([C@H](CC(C)(C)C)C(=O)O)c2cc(O)ccc2n1C(=O)c1ccc(Cl)c(F)c1. The van der Waals surface area contributed by atoms with E-state index in [-0.39, 0.29) is 21.8 Å². The Labute approximate surface area is 178 Å². The van der Waals surface area contributed by atoms with E-state index in [0.29, 0.717) is 28.6 Å². The molecule has 5 nitrogen and oxygen atoms in total. The summed E-state index contributed by atoms with van der Waals surface area (Å²) in [6.45, 7) is 7.48. The monoisotopic (exact) mass is 431 g/mol. The molecular formula is C23H23ClFNO4. The van der Waals surface area contributed by atoms with Crippen LogP contribution in [0.5, 0.6) is 5.75 Å². The van der Waals surface area contributed by atoms with Gasteiger partial charge in [-0.05, 0) is 60.7 Å². The van der Waals surface area contributed by atoms with Gasteiger partial charge in [-0.2, -0.15) is 0 Å². The molecule has 158 valence electrons. The molecule has 3 aromatic rings. The predicted molar refractivity (Wildman–Crippen MR) is 114 cm³/mol. The highest BCUT2D eigenvalue weighted by Crippen LogP contribution is 2.40. The average molecular weight is 432 g/mol. The average Bonchev–Trinajstić information content (AvgIpc) is 2.91. The maximum atomic E-state index is 13.9. The molecule has 0 spiro atoms. The molecule has 0 saturated carbocycles. The Morgan fingerprint density at radius 1 is 1.17 bits per heavy atom. The van der Waals surface area contributed by atoms with Crippen LogP contribution in [0.3, 0.4) is 0 Å². The van der Waals surface area contributed by atoms with Crippen LogP contribution in [-0.2, 0) is 4.79 Å². The highest BCUT2D eigenvalue weighted by molar-refractivity contribution is 6.30. The minimum absolute atomic E-state index is 0.0363. The first-order chi connectivity index (χ1) is 13.9. The number of aromatic hydroxyl groups is 1. The molecule has 0 aliphatic carbocycles. The number of halogens is 2. The van der Waals surface area contributed by atoms with Gasteiger partial charge >= 0.3 is 5.97 Å². The third-order valence-corrected chi connectivity index (χ3v) is 5.38. The number of carbonyl (C=O) groups excluding carboxylic acids is 1. The Kier molecular flexibility index (Phi) is 5.65. The van der Waals surface area contributed by atoms with E-state index in [9.17, 15) is 24.2 Å².